The van der Waals surface area contributed by atoms with Gasteiger partial charge in [-0.1, -0.05) is 24.3 Å². The third-order valence-electron chi connectivity index (χ3n) is 2.98. The minimum Gasteiger partial charge on any atom is -0.388 e. The lowest BCUT2D eigenvalue weighted by molar-refractivity contribution is 0.617. The summed E-state index contributed by atoms with van der Waals surface area (Å²) in [6.07, 6.45) is 0. The lowest BCUT2D eigenvalue weighted by Crippen LogP contribution is -2.17. The quantitative estimate of drug-likeness (QED) is 0.863. The molecule has 0 heterocycles. The molecule has 0 aliphatic heterocycles. The number of halogens is 1. The molecule has 0 spiro atoms. The Bertz CT molecular complexity index is 525. The summed E-state index contributed by atoms with van der Waals surface area (Å²) in [5, 5.41) is 6.33. The minimum absolute atomic E-state index is 0.00556. The van der Waals surface area contributed by atoms with Crippen LogP contribution in [-0.2, 0) is 0 Å². The topological polar surface area (TPSA) is 24.1 Å². The molecule has 2 N–H and O–H groups in total. The van der Waals surface area contributed by atoms with Crippen LogP contribution in [0.1, 0.15) is 17.2 Å². The van der Waals surface area contributed by atoms with Gasteiger partial charge in [0.25, 0.3) is 0 Å². The summed E-state index contributed by atoms with van der Waals surface area (Å²) in [6, 6.07) is 14.8. The molecule has 2 aromatic carbocycles. The van der Waals surface area contributed by atoms with Crippen LogP contribution in [0, 0.1) is 5.82 Å². The zero-order chi connectivity index (χ0) is 13.0. The second kappa shape index (κ2) is 5.65. The number of rotatable bonds is 4. The molecule has 0 saturated carbocycles. The highest BCUT2D eigenvalue weighted by molar-refractivity contribution is 5.47. The van der Waals surface area contributed by atoms with E-state index in [-0.39, 0.29) is 11.9 Å². The molecule has 18 heavy (non-hydrogen) atoms. The van der Waals surface area contributed by atoms with Crippen molar-refractivity contribution < 1.29 is 4.39 Å². The molecule has 94 valence electrons. The monoisotopic (exact) mass is 244 g/mol. The Morgan fingerprint density at radius 1 is 0.944 bits per heavy atom. The molecule has 0 bridgehead atoms. The van der Waals surface area contributed by atoms with E-state index < -0.39 is 0 Å². The third kappa shape index (κ3) is 2.68. The van der Waals surface area contributed by atoms with Gasteiger partial charge < -0.3 is 10.6 Å². The molecular weight excluding hydrogens is 227 g/mol. The van der Waals surface area contributed by atoms with Gasteiger partial charge in [-0.15, -0.1) is 0 Å². The van der Waals surface area contributed by atoms with Gasteiger partial charge in [0.2, 0.25) is 0 Å². The van der Waals surface area contributed by atoms with Crippen molar-refractivity contribution >= 4 is 5.69 Å². The van der Waals surface area contributed by atoms with Crippen molar-refractivity contribution in [3.05, 3.63) is 65.5 Å². The maximum Gasteiger partial charge on any atom is 0.123 e. The van der Waals surface area contributed by atoms with Crippen molar-refractivity contribution in [1.29, 1.82) is 0 Å². The van der Waals surface area contributed by atoms with Crippen LogP contribution in [0.4, 0.5) is 10.1 Å². The molecule has 2 aromatic rings. The summed E-state index contributed by atoms with van der Waals surface area (Å²) in [7, 11) is 3.76. The van der Waals surface area contributed by atoms with Crippen LogP contribution >= 0.6 is 0 Å². The molecule has 2 nitrogen and oxygen atoms in total. The molecular formula is C15H17FN2. The Balaban J connectivity index is 2.38. The Labute approximate surface area is 107 Å². The lowest BCUT2D eigenvalue weighted by Gasteiger charge is -2.18. The molecule has 2 rings (SSSR count). The van der Waals surface area contributed by atoms with E-state index >= 15 is 0 Å². The van der Waals surface area contributed by atoms with Crippen LogP contribution < -0.4 is 10.6 Å². The number of hydrogen-bond donors (Lipinski definition) is 2. The molecule has 1 unspecified atom stereocenters. The first-order chi connectivity index (χ1) is 8.74. The van der Waals surface area contributed by atoms with E-state index in [4.69, 9.17) is 0 Å². The lowest BCUT2D eigenvalue weighted by atomic mass is 9.98. The van der Waals surface area contributed by atoms with Crippen molar-refractivity contribution in [2.45, 2.75) is 6.04 Å². The minimum atomic E-state index is -0.211. The molecule has 1 atom stereocenters. The fraction of sp³-hybridized carbons (Fsp3) is 0.200. The second-order valence-corrected chi connectivity index (χ2v) is 4.15. The van der Waals surface area contributed by atoms with Gasteiger partial charge in [0.1, 0.15) is 5.82 Å². The van der Waals surface area contributed by atoms with Gasteiger partial charge in [-0.05, 0) is 42.4 Å². The maximum atomic E-state index is 13.3. The number of anilines is 1. The number of hydrogen-bond acceptors (Lipinski definition) is 2. The molecule has 0 saturated heterocycles. The van der Waals surface area contributed by atoms with Crippen molar-refractivity contribution in [1.82, 2.24) is 5.32 Å². The van der Waals surface area contributed by atoms with Crippen LogP contribution in [0.5, 0.6) is 0 Å². The fourth-order valence-corrected chi connectivity index (χ4v) is 2.09. The third-order valence-corrected chi connectivity index (χ3v) is 2.98. The zero-order valence-electron chi connectivity index (χ0n) is 10.6. The van der Waals surface area contributed by atoms with Crippen molar-refractivity contribution in [3.8, 4) is 0 Å². The normalized spacial score (nSPS) is 12.2. The summed E-state index contributed by atoms with van der Waals surface area (Å²) >= 11 is 0. The van der Waals surface area contributed by atoms with E-state index in [1.54, 1.807) is 12.1 Å². The standard InChI is InChI=1S/C15H17FN2/c1-17-14-8-4-6-12(10-14)15(18-2)11-5-3-7-13(16)9-11/h3-10,15,17-18H,1-2H3. The average Bonchev–Trinajstić information content (AvgIpc) is 2.40. The van der Waals surface area contributed by atoms with Crippen molar-refractivity contribution in [2.75, 3.05) is 19.4 Å². The smallest absolute Gasteiger partial charge is 0.123 e. The van der Waals surface area contributed by atoms with E-state index in [0.717, 1.165) is 16.8 Å². The van der Waals surface area contributed by atoms with Gasteiger partial charge in [-0.2, -0.15) is 0 Å². The van der Waals surface area contributed by atoms with Gasteiger partial charge in [0, 0.05) is 12.7 Å². The summed E-state index contributed by atoms with van der Waals surface area (Å²) < 4.78 is 13.3. The van der Waals surface area contributed by atoms with Crippen LogP contribution in [-0.4, -0.2) is 14.1 Å². The van der Waals surface area contributed by atoms with Gasteiger partial charge in [0.15, 0.2) is 0 Å². The molecule has 0 radical (unpaired) electrons. The van der Waals surface area contributed by atoms with Crippen LogP contribution in [0.2, 0.25) is 0 Å². The Hall–Kier alpha value is -1.87. The highest BCUT2D eigenvalue weighted by atomic mass is 19.1. The SMILES string of the molecule is CNc1cccc(C(NC)c2cccc(F)c2)c1. The number of nitrogens with one attached hydrogen (secondary N) is 2. The first-order valence-electron chi connectivity index (χ1n) is 5.95. The first-order valence-corrected chi connectivity index (χ1v) is 5.95. The Morgan fingerprint density at radius 3 is 2.22 bits per heavy atom. The number of benzene rings is 2. The van der Waals surface area contributed by atoms with E-state index in [1.165, 1.54) is 6.07 Å². The molecule has 0 aliphatic carbocycles. The van der Waals surface area contributed by atoms with Crippen molar-refractivity contribution in [2.24, 2.45) is 0 Å². The predicted molar refractivity (Wildman–Crippen MR) is 73.3 cm³/mol. The highest BCUT2D eigenvalue weighted by Gasteiger charge is 2.12. The molecule has 0 aliphatic rings. The largest absolute Gasteiger partial charge is 0.388 e. The summed E-state index contributed by atoms with van der Waals surface area (Å²) in [5.74, 6) is -0.211. The molecule has 0 fully saturated rings. The Morgan fingerprint density at radius 2 is 1.61 bits per heavy atom. The summed E-state index contributed by atoms with van der Waals surface area (Å²) in [5.41, 5.74) is 3.07. The van der Waals surface area contributed by atoms with Gasteiger partial charge in [0.05, 0.1) is 6.04 Å². The van der Waals surface area contributed by atoms with Gasteiger partial charge in [-0.3, -0.25) is 0 Å². The summed E-state index contributed by atoms with van der Waals surface area (Å²) in [4.78, 5) is 0. The molecule has 3 heteroatoms. The van der Waals surface area contributed by atoms with Crippen LogP contribution in [0.15, 0.2) is 48.5 Å². The van der Waals surface area contributed by atoms with Crippen LogP contribution in [0.25, 0.3) is 0 Å². The first kappa shape index (κ1) is 12.6. The maximum absolute atomic E-state index is 13.3. The van der Waals surface area contributed by atoms with E-state index in [2.05, 4.69) is 16.7 Å². The van der Waals surface area contributed by atoms with E-state index in [9.17, 15) is 4.39 Å². The highest BCUT2D eigenvalue weighted by Crippen LogP contribution is 2.24. The van der Waals surface area contributed by atoms with E-state index in [0.29, 0.717) is 0 Å². The van der Waals surface area contributed by atoms with Gasteiger partial charge in [-0.25, -0.2) is 4.39 Å². The van der Waals surface area contributed by atoms with Gasteiger partial charge >= 0.3 is 0 Å². The van der Waals surface area contributed by atoms with Crippen molar-refractivity contribution in [3.63, 3.8) is 0 Å². The zero-order valence-corrected chi connectivity index (χ0v) is 10.6. The second-order valence-electron chi connectivity index (χ2n) is 4.15. The Kier molecular flexibility index (Phi) is 3.95. The van der Waals surface area contributed by atoms with Crippen LogP contribution in [0.3, 0.4) is 0 Å². The fourth-order valence-electron chi connectivity index (χ4n) is 2.09. The summed E-state index contributed by atoms with van der Waals surface area (Å²) in [6.45, 7) is 0. The predicted octanol–water partition coefficient (Wildman–Crippen LogP) is 3.18. The molecule has 0 amide bonds. The molecule has 0 aromatic heterocycles. The van der Waals surface area contributed by atoms with E-state index in [1.807, 2.05) is 38.4 Å². The average molecular weight is 244 g/mol.